The quantitative estimate of drug-likeness (QED) is 0.415. The minimum Gasteiger partial charge on any atom is -0.353 e. The standard InChI is InChI=1S/C22H18N6S/c1-2-19(29-9-1)21-15-11-18(26-17(15)5-8-24-21)20-16-10-14(12-25-22(16)28-27-20)13-3-6-23-7-4-13/h1-3,5,8-12,23,26H,4,6-7H2,(H,25,27,28). The fraction of sp³-hybridized carbons (Fsp3) is 0.136. The molecule has 0 saturated heterocycles. The van der Waals surface area contributed by atoms with Gasteiger partial charge in [-0.15, -0.1) is 11.3 Å². The molecule has 5 aromatic heterocycles. The molecule has 0 saturated carbocycles. The lowest BCUT2D eigenvalue weighted by Gasteiger charge is -2.13. The lowest BCUT2D eigenvalue weighted by molar-refractivity contribution is 0.738. The van der Waals surface area contributed by atoms with Crippen LogP contribution in [-0.2, 0) is 0 Å². The van der Waals surface area contributed by atoms with Gasteiger partial charge in [-0.1, -0.05) is 12.1 Å². The third-order valence-electron chi connectivity index (χ3n) is 5.41. The Morgan fingerprint density at radius 2 is 2.03 bits per heavy atom. The van der Waals surface area contributed by atoms with Gasteiger partial charge in [-0.2, -0.15) is 5.10 Å². The second-order valence-corrected chi connectivity index (χ2v) is 8.10. The number of thiophene rings is 1. The van der Waals surface area contributed by atoms with Gasteiger partial charge in [0.15, 0.2) is 5.65 Å². The fourth-order valence-corrected chi connectivity index (χ4v) is 4.70. The molecular weight excluding hydrogens is 380 g/mol. The van der Waals surface area contributed by atoms with Gasteiger partial charge >= 0.3 is 0 Å². The summed E-state index contributed by atoms with van der Waals surface area (Å²) in [6.45, 7) is 1.91. The van der Waals surface area contributed by atoms with E-state index in [1.807, 2.05) is 18.5 Å². The van der Waals surface area contributed by atoms with E-state index in [2.05, 4.69) is 66.2 Å². The number of nitrogens with one attached hydrogen (secondary N) is 3. The first-order valence-electron chi connectivity index (χ1n) is 9.63. The number of aromatic amines is 2. The minimum atomic E-state index is 0.800. The highest BCUT2D eigenvalue weighted by molar-refractivity contribution is 7.13. The summed E-state index contributed by atoms with van der Waals surface area (Å²) in [5.41, 5.74) is 7.21. The van der Waals surface area contributed by atoms with Crippen LogP contribution in [0.25, 0.3) is 49.5 Å². The van der Waals surface area contributed by atoms with Gasteiger partial charge in [-0.25, -0.2) is 4.98 Å². The van der Waals surface area contributed by atoms with Crippen molar-refractivity contribution in [1.29, 1.82) is 0 Å². The highest BCUT2D eigenvalue weighted by atomic mass is 32.1. The largest absolute Gasteiger partial charge is 0.353 e. The summed E-state index contributed by atoms with van der Waals surface area (Å²) in [6, 6.07) is 10.5. The Morgan fingerprint density at radius 3 is 2.90 bits per heavy atom. The summed E-state index contributed by atoms with van der Waals surface area (Å²) >= 11 is 1.70. The number of fused-ring (bicyclic) bond motifs is 2. The number of aromatic nitrogens is 5. The molecule has 7 heteroatoms. The van der Waals surface area contributed by atoms with E-state index < -0.39 is 0 Å². The van der Waals surface area contributed by atoms with E-state index in [1.165, 1.54) is 11.1 Å². The maximum Gasteiger partial charge on any atom is 0.155 e. The van der Waals surface area contributed by atoms with Crippen LogP contribution in [0.2, 0.25) is 0 Å². The SMILES string of the molecule is C1=C(c2cnc3[nH]nc(-c4cc5c(-c6cccs6)nccc5[nH]4)c3c2)CCNC1. The average Bonchev–Trinajstić information content (AvgIpc) is 3.52. The van der Waals surface area contributed by atoms with Crippen LogP contribution in [0.5, 0.6) is 0 Å². The molecule has 0 aromatic carbocycles. The Labute approximate surface area is 170 Å². The molecule has 3 N–H and O–H groups in total. The number of H-pyrrole nitrogens is 2. The third-order valence-corrected chi connectivity index (χ3v) is 6.29. The maximum atomic E-state index is 4.62. The average molecular weight is 398 g/mol. The van der Waals surface area contributed by atoms with Gasteiger partial charge in [0.05, 0.1) is 16.3 Å². The van der Waals surface area contributed by atoms with E-state index in [9.17, 15) is 0 Å². The second-order valence-electron chi connectivity index (χ2n) is 7.16. The Hall–Kier alpha value is -3.29. The van der Waals surface area contributed by atoms with Crippen LogP contribution in [0.4, 0.5) is 0 Å². The van der Waals surface area contributed by atoms with Crippen LogP contribution in [-0.4, -0.2) is 38.2 Å². The van der Waals surface area contributed by atoms with Gasteiger partial charge in [0.2, 0.25) is 0 Å². The van der Waals surface area contributed by atoms with Crippen molar-refractivity contribution >= 4 is 38.8 Å². The molecular formula is C22H18N6S. The normalized spacial score (nSPS) is 14.6. The predicted molar refractivity (Wildman–Crippen MR) is 118 cm³/mol. The molecule has 0 atom stereocenters. The molecule has 29 heavy (non-hydrogen) atoms. The van der Waals surface area contributed by atoms with Gasteiger partial charge < -0.3 is 10.3 Å². The van der Waals surface area contributed by atoms with Crippen LogP contribution < -0.4 is 5.32 Å². The Morgan fingerprint density at radius 1 is 1.03 bits per heavy atom. The smallest absolute Gasteiger partial charge is 0.155 e. The highest BCUT2D eigenvalue weighted by Gasteiger charge is 2.16. The maximum absolute atomic E-state index is 4.62. The van der Waals surface area contributed by atoms with Gasteiger partial charge in [0.1, 0.15) is 5.69 Å². The summed E-state index contributed by atoms with van der Waals surface area (Å²) in [5, 5.41) is 15.2. The Bertz CT molecular complexity index is 1360. The molecule has 5 aromatic rings. The molecule has 1 aliphatic rings. The van der Waals surface area contributed by atoms with E-state index in [0.29, 0.717) is 0 Å². The summed E-state index contributed by atoms with van der Waals surface area (Å²) in [4.78, 5) is 13.9. The molecule has 6 rings (SSSR count). The first-order valence-corrected chi connectivity index (χ1v) is 10.5. The van der Waals surface area contributed by atoms with Crippen LogP contribution in [0.1, 0.15) is 12.0 Å². The molecule has 0 bridgehead atoms. The molecule has 0 fully saturated rings. The molecule has 142 valence electrons. The van der Waals surface area contributed by atoms with Crippen LogP contribution in [0.3, 0.4) is 0 Å². The van der Waals surface area contributed by atoms with Gasteiger partial charge in [0.25, 0.3) is 0 Å². The van der Waals surface area contributed by atoms with Crippen molar-refractivity contribution in [3.8, 4) is 22.0 Å². The zero-order valence-corrected chi connectivity index (χ0v) is 16.4. The number of pyridine rings is 2. The zero-order valence-electron chi connectivity index (χ0n) is 15.6. The lowest BCUT2D eigenvalue weighted by Crippen LogP contribution is -2.20. The summed E-state index contributed by atoms with van der Waals surface area (Å²) < 4.78 is 0. The first kappa shape index (κ1) is 16.6. The Balaban J connectivity index is 1.50. The molecule has 0 amide bonds. The summed E-state index contributed by atoms with van der Waals surface area (Å²) in [6.07, 6.45) is 7.05. The summed E-state index contributed by atoms with van der Waals surface area (Å²) in [5.74, 6) is 0. The third kappa shape index (κ3) is 2.78. The molecule has 6 nitrogen and oxygen atoms in total. The predicted octanol–water partition coefficient (Wildman–Crippen LogP) is 4.61. The topological polar surface area (TPSA) is 82.3 Å². The second kappa shape index (κ2) is 6.65. The van der Waals surface area contributed by atoms with Crippen molar-refractivity contribution in [3.63, 3.8) is 0 Å². The summed E-state index contributed by atoms with van der Waals surface area (Å²) in [7, 11) is 0. The molecule has 0 radical (unpaired) electrons. The Kier molecular flexibility index (Phi) is 3.82. The molecule has 0 spiro atoms. The van der Waals surface area contributed by atoms with Gasteiger partial charge in [-0.05, 0) is 53.7 Å². The molecule has 1 aliphatic heterocycles. The molecule has 6 heterocycles. The van der Waals surface area contributed by atoms with Crippen LogP contribution in [0, 0.1) is 0 Å². The van der Waals surface area contributed by atoms with Gasteiger partial charge in [-0.3, -0.25) is 10.1 Å². The van der Waals surface area contributed by atoms with Gasteiger partial charge in [0, 0.05) is 35.2 Å². The monoisotopic (exact) mass is 398 g/mol. The number of hydrogen-bond acceptors (Lipinski definition) is 5. The lowest BCUT2D eigenvalue weighted by atomic mass is 10.0. The van der Waals surface area contributed by atoms with Crippen LogP contribution >= 0.6 is 11.3 Å². The minimum absolute atomic E-state index is 0.800. The van der Waals surface area contributed by atoms with E-state index in [0.717, 1.165) is 63.4 Å². The number of rotatable bonds is 3. The van der Waals surface area contributed by atoms with E-state index in [1.54, 1.807) is 11.3 Å². The first-order chi connectivity index (χ1) is 14.4. The zero-order chi connectivity index (χ0) is 19.2. The fourth-order valence-electron chi connectivity index (χ4n) is 3.96. The van der Waals surface area contributed by atoms with Crippen molar-refractivity contribution in [2.75, 3.05) is 13.1 Å². The van der Waals surface area contributed by atoms with Crippen molar-refractivity contribution in [3.05, 3.63) is 59.7 Å². The van der Waals surface area contributed by atoms with Crippen molar-refractivity contribution in [1.82, 2.24) is 30.5 Å². The van der Waals surface area contributed by atoms with E-state index in [-0.39, 0.29) is 0 Å². The van der Waals surface area contributed by atoms with Crippen molar-refractivity contribution in [2.45, 2.75) is 6.42 Å². The van der Waals surface area contributed by atoms with Crippen molar-refractivity contribution < 1.29 is 0 Å². The molecule has 0 unspecified atom stereocenters. The van der Waals surface area contributed by atoms with Crippen molar-refractivity contribution in [2.24, 2.45) is 0 Å². The number of hydrogen-bond donors (Lipinski definition) is 3. The van der Waals surface area contributed by atoms with E-state index >= 15 is 0 Å². The van der Waals surface area contributed by atoms with Crippen LogP contribution in [0.15, 0.2) is 54.2 Å². The highest BCUT2D eigenvalue weighted by Crippen LogP contribution is 2.34. The molecule has 0 aliphatic carbocycles. The number of nitrogens with zero attached hydrogens (tertiary/aromatic N) is 3. The van der Waals surface area contributed by atoms with E-state index in [4.69, 9.17) is 0 Å².